The molecule has 1 aliphatic rings. The summed E-state index contributed by atoms with van der Waals surface area (Å²) in [6, 6.07) is 12.5. The molecule has 1 heterocycles. The van der Waals surface area contributed by atoms with Gasteiger partial charge in [-0.15, -0.1) is 0 Å². The van der Waals surface area contributed by atoms with Crippen LogP contribution in [0.3, 0.4) is 0 Å². The second kappa shape index (κ2) is 7.31. The molecule has 6 heteroatoms. The van der Waals surface area contributed by atoms with E-state index >= 15 is 0 Å². The Morgan fingerprint density at radius 3 is 2.63 bits per heavy atom. The standard InChI is InChI=1S/C21H20FN3O2/c22-16-10-6-9-15(13-16)20(26)24-25-19(14-7-2-1-3-8-14)23-18-12-5-4-11-17(18)21(25)27/h4-6,9-14H,1-3,7-8H2,(H,24,26). The average molecular weight is 365 g/mol. The molecular formula is C21H20FN3O2. The van der Waals surface area contributed by atoms with Crippen LogP contribution < -0.4 is 11.0 Å². The fourth-order valence-corrected chi connectivity index (χ4v) is 3.69. The topological polar surface area (TPSA) is 64.0 Å². The highest BCUT2D eigenvalue weighted by atomic mass is 19.1. The van der Waals surface area contributed by atoms with Crippen molar-refractivity contribution in [3.63, 3.8) is 0 Å². The Kier molecular flexibility index (Phi) is 4.71. The number of amides is 1. The summed E-state index contributed by atoms with van der Waals surface area (Å²) >= 11 is 0. The highest BCUT2D eigenvalue weighted by molar-refractivity contribution is 6.00. The van der Waals surface area contributed by atoms with Crippen LogP contribution in [0.4, 0.5) is 4.39 Å². The van der Waals surface area contributed by atoms with Gasteiger partial charge in [-0.3, -0.25) is 15.0 Å². The first-order valence-corrected chi connectivity index (χ1v) is 9.22. The van der Waals surface area contributed by atoms with E-state index in [2.05, 4.69) is 5.43 Å². The summed E-state index contributed by atoms with van der Waals surface area (Å²) in [5.74, 6) is -0.350. The highest BCUT2D eigenvalue weighted by Gasteiger charge is 2.23. The number of nitrogens with zero attached hydrogens (tertiary/aromatic N) is 2. The first-order chi connectivity index (χ1) is 13.1. The van der Waals surface area contributed by atoms with Gasteiger partial charge in [-0.25, -0.2) is 14.1 Å². The molecule has 1 N–H and O–H groups in total. The monoisotopic (exact) mass is 365 g/mol. The molecule has 1 amide bonds. The Morgan fingerprint density at radius 1 is 1.07 bits per heavy atom. The van der Waals surface area contributed by atoms with Gasteiger partial charge in [0.15, 0.2) is 0 Å². The summed E-state index contributed by atoms with van der Waals surface area (Å²) in [6.45, 7) is 0. The second-order valence-electron chi connectivity index (χ2n) is 6.91. The third-order valence-electron chi connectivity index (χ3n) is 5.07. The summed E-state index contributed by atoms with van der Waals surface area (Å²) < 4.78 is 14.7. The molecule has 0 spiro atoms. The van der Waals surface area contributed by atoms with Gasteiger partial charge < -0.3 is 0 Å². The maximum Gasteiger partial charge on any atom is 0.280 e. The van der Waals surface area contributed by atoms with Crippen molar-refractivity contribution >= 4 is 16.8 Å². The lowest BCUT2D eigenvalue weighted by molar-refractivity contribution is 0.100. The predicted molar refractivity (Wildman–Crippen MR) is 102 cm³/mol. The molecule has 0 radical (unpaired) electrons. The van der Waals surface area contributed by atoms with E-state index in [-0.39, 0.29) is 17.0 Å². The Balaban J connectivity index is 1.80. The molecule has 1 saturated carbocycles. The molecule has 4 rings (SSSR count). The summed E-state index contributed by atoms with van der Waals surface area (Å²) in [5, 5.41) is 0.441. The van der Waals surface area contributed by atoms with Gasteiger partial charge in [0.05, 0.1) is 10.9 Å². The third kappa shape index (κ3) is 3.47. The zero-order valence-electron chi connectivity index (χ0n) is 14.8. The summed E-state index contributed by atoms with van der Waals surface area (Å²) in [4.78, 5) is 30.4. The fourth-order valence-electron chi connectivity index (χ4n) is 3.69. The zero-order chi connectivity index (χ0) is 18.8. The van der Waals surface area contributed by atoms with Crippen LogP contribution in [0.15, 0.2) is 53.3 Å². The molecule has 1 aromatic heterocycles. The number of nitrogens with one attached hydrogen (secondary N) is 1. The lowest BCUT2D eigenvalue weighted by atomic mass is 9.88. The van der Waals surface area contributed by atoms with Gasteiger partial charge in [-0.2, -0.15) is 0 Å². The molecule has 1 fully saturated rings. The molecule has 27 heavy (non-hydrogen) atoms. The summed E-state index contributed by atoms with van der Waals surface area (Å²) in [5.41, 5.74) is 3.12. The molecule has 138 valence electrons. The van der Waals surface area contributed by atoms with Crippen LogP contribution in [0.5, 0.6) is 0 Å². The van der Waals surface area contributed by atoms with Gasteiger partial charge in [0.1, 0.15) is 11.6 Å². The van der Waals surface area contributed by atoms with Gasteiger partial charge in [-0.05, 0) is 43.2 Å². The number of hydrogen-bond acceptors (Lipinski definition) is 3. The molecule has 5 nitrogen and oxygen atoms in total. The molecule has 2 aromatic carbocycles. The van der Waals surface area contributed by atoms with Crippen molar-refractivity contribution in [2.24, 2.45) is 0 Å². The van der Waals surface area contributed by atoms with Crippen LogP contribution in [0.1, 0.15) is 54.2 Å². The van der Waals surface area contributed by atoms with Crippen molar-refractivity contribution in [3.05, 3.63) is 76.1 Å². The minimum Gasteiger partial charge on any atom is -0.267 e. The van der Waals surface area contributed by atoms with E-state index in [1.807, 2.05) is 12.1 Å². The summed E-state index contributed by atoms with van der Waals surface area (Å²) in [6.07, 6.45) is 5.18. The van der Waals surface area contributed by atoms with Crippen LogP contribution in [-0.2, 0) is 0 Å². The van der Waals surface area contributed by atoms with Crippen LogP contribution in [0.2, 0.25) is 0 Å². The van der Waals surface area contributed by atoms with Gasteiger partial charge in [0, 0.05) is 11.5 Å². The molecule has 3 aromatic rings. The molecule has 0 aliphatic heterocycles. The lowest BCUT2D eigenvalue weighted by Gasteiger charge is -2.24. The highest BCUT2D eigenvalue weighted by Crippen LogP contribution is 2.31. The van der Waals surface area contributed by atoms with E-state index in [4.69, 9.17) is 4.98 Å². The Morgan fingerprint density at radius 2 is 1.85 bits per heavy atom. The number of rotatable bonds is 3. The van der Waals surface area contributed by atoms with Crippen molar-refractivity contribution in [1.82, 2.24) is 9.66 Å². The normalized spacial score (nSPS) is 15.0. The fraction of sp³-hybridized carbons (Fsp3) is 0.286. The number of fused-ring (bicyclic) bond motifs is 1. The van der Waals surface area contributed by atoms with E-state index in [0.717, 1.165) is 31.7 Å². The van der Waals surface area contributed by atoms with Crippen molar-refractivity contribution in [1.29, 1.82) is 0 Å². The SMILES string of the molecule is O=C(Nn1c(C2CCCCC2)nc2ccccc2c1=O)c1cccc(F)c1. The van der Waals surface area contributed by atoms with Gasteiger partial charge >= 0.3 is 0 Å². The van der Waals surface area contributed by atoms with Crippen molar-refractivity contribution in [2.45, 2.75) is 38.0 Å². The number of halogens is 1. The number of carbonyl (C=O) groups excluding carboxylic acids is 1. The number of para-hydroxylation sites is 1. The number of carbonyl (C=O) groups is 1. The maximum atomic E-state index is 13.5. The minimum atomic E-state index is -0.536. The number of hydrogen-bond donors (Lipinski definition) is 1. The molecule has 1 aliphatic carbocycles. The first-order valence-electron chi connectivity index (χ1n) is 9.22. The first kappa shape index (κ1) is 17.4. The van der Waals surface area contributed by atoms with Crippen LogP contribution >= 0.6 is 0 Å². The molecule has 0 bridgehead atoms. The smallest absolute Gasteiger partial charge is 0.267 e. The van der Waals surface area contributed by atoms with Crippen molar-refractivity contribution in [3.8, 4) is 0 Å². The third-order valence-corrected chi connectivity index (χ3v) is 5.07. The zero-order valence-corrected chi connectivity index (χ0v) is 14.8. The van der Waals surface area contributed by atoms with Crippen molar-refractivity contribution in [2.75, 3.05) is 5.43 Å². The van der Waals surface area contributed by atoms with E-state index in [1.165, 1.54) is 29.3 Å². The summed E-state index contributed by atoms with van der Waals surface area (Å²) in [7, 11) is 0. The lowest BCUT2D eigenvalue weighted by Crippen LogP contribution is -2.37. The van der Waals surface area contributed by atoms with Gasteiger partial charge in [-0.1, -0.05) is 37.5 Å². The maximum absolute atomic E-state index is 13.5. The predicted octanol–water partition coefficient (Wildman–Crippen LogP) is 3.97. The molecular weight excluding hydrogens is 345 g/mol. The second-order valence-corrected chi connectivity index (χ2v) is 6.91. The van der Waals surface area contributed by atoms with Crippen LogP contribution in [0.25, 0.3) is 10.9 Å². The van der Waals surface area contributed by atoms with E-state index < -0.39 is 11.7 Å². The Hall–Kier alpha value is -3.02. The van der Waals surface area contributed by atoms with Crippen LogP contribution in [-0.4, -0.2) is 15.6 Å². The Labute approximate surface area is 155 Å². The molecule has 0 atom stereocenters. The molecule has 0 saturated heterocycles. The van der Waals surface area contributed by atoms with E-state index in [0.29, 0.717) is 16.7 Å². The van der Waals surface area contributed by atoms with E-state index in [1.54, 1.807) is 12.1 Å². The average Bonchev–Trinajstić information content (AvgIpc) is 2.70. The minimum absolute atomic E-state index is 0.115. The molecule has 0 unspecified atom stereocenters. The quantitative estimate of drug-likeness (QED) is 0.764. The van der Waals surface area contributed by atoms with Crippen molar-refractivity contribution < 1.29 is 9.18 Å². The van der Waals surface area contributed by atoms with Gasteiger partial charge in [0.25, 0.3) is 11.5 Å². The van der Waals surface area contributed by atoms with E-state index in [9.17, 15) is 14.0 Å². The van der Waals surface area contributed by atoms with Gasteiger partial charge in [0.2, 0.25) is 0 Å². The number of aromatic nitrogens is 2. The van der Waals surface area contributed by atoms with Crippen LogP contribution in [0, 0.1) is 5.82 Å². The number of benzene rings is 2. The largest absolute Gasteiger partial charge is 0.280 e. The Bertz CT molecular complexity index is 1050.